The number of hydrogen-bond donors (Lipinski definition) is 1. The Labute approximate surface area is 139 Å². The fourth-order valence-electron chi connectivity index (χ4n) is 1.93. The fraction of sp³-hybridized carbons (Fsp3) is 0.0625. The first-order valence-electron chi connectivity index (χ1n) is 6.67. The molecule has 2 aromatic carbocycles. The molecule has 3 aromatic rings. The average Bonchev–Trinajstić information content (AvgIpc) is 3.02. The van der Waals surface area contributed by atoms with E-state index in [9.17, 15) is 9.59 Å². The van der Waals surface area contributed by atoms with Crippen molar-refractivity contribution in [2.75, 3.05) is 11.9 Å². The SMILES string of the molecule is O=C(COC(=O)c1ccc2ocnc2c1)Nc1ccc(Br)cc1. The van der Waals surface area contributed by atoms with Crippen LogP contribution in [-0.4, -0.2) is 23.5 Å². The molecule has 0 radical (unpaired) electrons. The Morgan fingerprint density at radius 1 is 1.17 bits per heavy atom. The summed E-state index contributed by atoms with van der Waals surface area (Å²) in [6, 6.07) is 11.8. The number of benzene rings is 2. The average molecular weight is 375 g/mol. The van der Waals surface area contributed by atoms with Gasteiger partial charge in [-0.1, -0.05) is 15.9 Å². The van der Waals surface area contributed by atoms with Crippen molar-refractivity contribution in [1.82, 2.24) is 4.98 Å². The summed E-state index contributed by atoms with van der Waals surface area (Å²) in [7, 11) is 0. The number of nitrogens with zero attached hydrogens (tertiary/aromatic N) is 1. The predicted molar refractivity (Wildman–Crippen MR) is 87.1 cm³/mol. The Kier molecular flexibility index (Phi) is 4.38. The lowest BCUT2D eigenvalue weighted by Gasteiger charge is -2.06. The summed E-state index contributed by atoms with van der Waals surface area (Å²) < 4.78 is 11.0. The van der Waals surface area contributed by atoms with Gasteiger partial charge in [0.15, 0.2) is 18.6 Å². The second-order valence-corrected chi connectivity index (χ2v) is 5.58. The molecule has 1 heterocycles. The summed E-state index contributed by atoms with van der Waals surface area (Å²) in [5.74, 6) is -1.01. The van der Waals surface area contributed by atoms with Gasteiger partial charge in [-0.3, -0.25) is 4.79 Å². The van der Waals surface area contributed by atoms with E-state index in [1.807, 2.05) is 0 Å². The van der Waals surface area contributed by atoms with Crippen LogP contribution in [0.5, 0.6) is 0 Å². The Morgan fingerprint density at radius 2 is 1.96 bits per heavy atom. The molecule has 0 saturated carbocycles. The van der Waals surface area contributed by atoms with Gasteiger partial charge in [0, 0.05) is 10.2 Å². The van der Waals surface area contributed by atoms with Crippen molar-refractivity contribution >= 4 is 44.6 Å². The maximum absolute atomic E-state index is 11.9. The Hall–Kier alpha value is -2.67. The van der Waals surface area contributed by atoms with Crippen LogP contribution in [0.1, 0.15) is 10.4 Å². The lowest BCUT2D eigenvalue weighted by atomic mass is 10.2. The van der Waals surface area contributed by atoms with Gasteiger partial charge in [0.05, 0.1) is 5.56 Å². The van der Waals surface area contributed by atoms with Gasteiger partial charge in [-0.05, 0) is 42.5 Å². The van der Waals surface area contributed by atoms with E-state index in [1.54, 1.807) is 42.5 Å². The van der Waals surface area contributed by atoms with Gasteiger partial charge < -0.3 is 14.5 Å². The van der Waals surface area contributed by atoms with Crippen molar-refractivity contribution in [3.8, 4) is 0 Å². The van der Waals surface area contributed by atoms with Gasteiger partial charge in [0.25, 0.3) is 5.91 Å². The third kappa shape index (κ3) is 3.75. The molecular weight excluding hydrogens is 364 g/mol. The first-order valence-corrected chi connectivity index (χ1v) is 7.47. The van der Waals surface area contributed by atoms with E-state index in [0.29, 0.717) is 22.4 Å². The van der Waals surface area contributed by atoms with Crippen LogP contribution in [0.25, 0.3) is 11.1 Å². The molecule has 7 heteroatoms. The molecule has 0 aliphatic carbocycles. The molecule has 0 fully saturated rings. The van der Waals surface area contributed by atoms with Crippen LogP contribution >= 0.6 is 15.9 Å². The van der Waals surface area contributed by atoms with E-state index in [1.165, 1.54) is 6.39 Å². The van der Waals surface area contributed by atoms with Gasteiger partial charge in [0.2, 0.25) is 0 Å². The lowest BCUT2D eigenvalue weighted by molar-refractivity contribution is -0.119. The summed E-state index contributed by atoms with van der Waals surface area (Å²) in [6.45, 7) is -0.369. The van der Waals surface area contributed by atoms with E-state index in [2.05, 4.69) is 26.2 Å². The Balaban J connectivity index is 1.57. The first kappa shape index (κ1) is 15.2. The standard InChI is InChI=1S/C16H11BrN2O4/c17-11-2-4-12(5-3-11)19-15(20)8-22-16(21)10-1-6-14-13(7-10)18-9-23-14/h1-7,9H,8H2,(H,19,20). The Bertz CT molecular complexity index is 858. The van der Waals surface area contributed by atoms with E-state index in [0.717, 1.165) is 4.47 Å². The number of carbonyl (C=O) groups excluding carboxylic acids is 2. The topological polar surface area (TPSA) is 81.4 Å². The lowest BCUT2D eigenvalue weighted by Crippen LogP contribution is -2.20. The molecule has 0 bridgehead atoms. The minimum atomic E-state index is -0.596. The number of anilines is 1. The minimum absolute atomic E-state index is 0.308. The summed E-state index contributed by atoms with van der Waals surface area (Å²) in [4.78, 5) is 27.7. The molecule has 6 nitrogen and oxygen atoms in total. The van der Waals surface area contributed by atoms with Crippen LogP contribution in [0, 0.1) is 0 Å². The highest BCUT2D eigenvalue weighted by Gasteiger charge is 2.12. The summed E-state index contributed by atoms with van der Waals surface area (Å²) >= 11 is 3.31. The van der Waals surface area contributed by atoms with Crippen LogP contribution in [-0.2, 0) is 9.53 Å². The highest BCUT2D eigenvalue weighted by atomic mass is 79.9. The smallest absolute Gasteiger partial charge is 0.338 e. The third-order valence-corrected chi connectivity index (χ3v) is 3.56. The van der Waals surface area contributed by atoms with Crippen molar-refractivity contribution in [1.29, 1.82) is 0 Å². The number of rotatable bonds is 4. The highest BCUT2D eigenvalue weighted by Crippen LogP contribution is 2.15. The predicted octanol–water partition coefficient (Wildman–Crippen LogP) is 3.39. The van der Waals surface area contributed by atoms with Crippen molar-refractivity contribution in [2.45, 2.75) is 0 Å². The molecule has 0 unspecified atom stereocenters. The normalized spacial score (nSPS) is 10.5. The molecule has 1 aromatic heterocycles. The fourth-order valence-corrected chi connectivity index (χ4v) is 2.19. The van der Waals surface area contributed by atoms with Gasteiger partial charge >= 0.3 is 5.97 Å². The zero-order valence-corrected chi connectivity index (χ0v) is 13.4. The third-order valence-electron chi connectivity index (χ3n) is 3.03. The maximum Gasteiger partial charge on any atom is 0.338 e. The molecular formula is C16H11BrN2O4. The number of esters is 1. The van der Waals surface area contributed by atoms with Crippen LogP contribution in [0.3, 0.4) is 0 Å². The molecule has 3 rings (SSSR count). The number of nitrogens with one attached hydrogen (secondary N) is 1. The minimum Gasteiger partial charge on any atom is -0.452 e. The van der Waals surface area contributed by atoms with Gasteiger partial charge in [-0.15, -0.1) is 0 Å². The van der Waals surface area contributed by atoms with Crippen molar-refractivity contribution in [3.63, 3.8) is 0 Å². The van der Waals surface area contributed by atoms with E-state index < -0.39 is 11.9 Å². The van der Waals surface area contributed by atoms with E-state index >= 15 is 0 Å². The summed E-state index contributed by atoms with van der Waals surface area (Å²) in [6.07, 6.45) is 1.30. The van der Waals surface area contributed by atoms with Crippen molar-refractivity contribution in [3.05, 3.63) is 58.9 Å². The molecule has 1 amide bonds. The van der Waals surface area contributed by atoms with Crippen molar-refractivity contribution in [2.24, 2.45) is 0 Å². The molecule has 0 aliphatic heterocycles. The number of aromatic nitrogens is 1. The second-order valence-electron chi connectivity index (χ2n) is 4.67. The van der Waals surface area contributed by atoms with E-state index in [-0.39, 0.29) is 6.61 Å². The molecule has 0 atom stereocenters. The zero-order valence-electron chi connectivity index (χ0n) is 11.8. The molecule has 0 spiro atoms. The second kappa shape index (κ2) is 6.62. The molecule has 0 aliphatic rings. The molecule has 23 heavy (non-hydrogen) atoms. The maximum atomic E-state index is 11.9. The summed E-state index contributed by atoms with van der Waals surface area (Å²) in [5.41, 5.74) is 2.06. The van der Waals surface area contributed by atoms with Gasteiger partial charge in [-0.25, -0.2) is 9.78 Å². The molecule has 116 valence electrons. The number of carbonyl (C=O) groups is 2. The van der Waals surface area contributed by atoms with Gasteiger partial charge in [0.1, 0.15) is 5.52 Å². The quantitative estimate of drug-likeness (QED) is 0.707. The van der Waals surface area contributed by atoms with Crippen LogP contribution < -0.4 is 5.32 Å². The monoisotopic (exact) mass is 374 g/mol. The number of fused-ring (bicyclic) bond motifs is 1. The first-order chi connectivity index (χ1) is 11.1. The Morgan fingerprint density at radius 3 is 2.74 bits per heavy atom. The van der Waals surface area contributed by atoms with Crippen LogP contribution in [0.4, 0.5) is 5.69 Å². The number of amides is 1. The van der Waals surface area contributed by atoms with Crippen LogP contribution in [0.2, 0.25) is 0 Å². The number of oxazole rings is 1. The molecule has 0 saturated heterocycles. The number of halogens is 1. The number of hydrogen-bond acceptors (Lipinski definition) is 5. The highest BCUT2D eigenvalue weighted by molar-refractivity contribution is 9.10. The summed E-state index contributed by atoms with van der Waals surface area (Å²) in [5, 5.41) is 2.64. The van der Waals surface area contributed by atoms with E-state index in [4.69, 9.17) is 9.15 Å². The molecule has 1 N–H and O–H groups in total. The number of ether oxygens (including phenoxy) is 1. The van der Waals surface area contributed by atoms with Gasteiger partial charge in [-0.2, -0.15) is 0 Å². The van der Waals surface area contributed by atoms with Crippen molar-refractivity contribution < 1.29 is 18.7 Å². The largest absolute Gasteiger partial charge is 0.452 e. The van der Waals surface area contributed by atoms with Crippen LogP contribution in [0.15, 0.2) is 57.7 Å². The zero-order chi connectivity index (χ0) is 16.2.